The summed E-state index contributed by atoms with van der Waals surface area (Å²) < 4.78 is 21.0. The maximum absolute atomic E-state index is 12.7. The lowest BCUT2D eigenvalue weighted by Gasteiger charge is -2.11. The van der Waals surface area contributed by atoms with Gasteiger partial charge in [-0.1, -0.05) is 6.07 Å². The molecular formula is C21H22N2O7. The molecule has 1 N–H and O–H groups in total. The fourth-order valence-electron chi connectivity index (χ4n) is 2.87. The van der Waals surface area contributed by atoms with Crippen molar-refractivity contribution in [2.24, 2.45) is 0 Å². The number of carbonyl (C=O) groups excluding carboxylic acids is 3. The van der Waals surface area contributed by atoms with Crippen LogP contribution in [0.25, 0.3) is 6.08 Å². The number of carbonyl (C=O) groups is 3. The first kappa shape index (κ1) is 21.0. The van der Waals surface area contributed by atoms with Crippen molar-refractivity contribution in [3.63, 3.8) is 0 Å². The molecule has 0 aliphatic carbocycles. The molecule has 0 atom stereocenters. The molecule has 3 rings (SSSR count). The van der Waals surface area contributed by atoms with E-state index in [1.807, 2.05) is 13.8 Å². The van der Waals surface area contributed by atoms with Crippen molar-refractivity contribution in [3.8, 4) is 11.5 Å². The van der Waals surface area contributed by atoms with E-state index < -0.39 is 17.9 Å². The number of amides is 3. The number of imide groups is 1. The first-order valence-electron chi connectivity index (χ1n) is 9.38. The molecule has 30 heavy (non-hydrogen) atoms. The van der Waals surface area contributed by atoms with Gasteiger partial charge in [0.2, 0.25) is 5.76 Å². The zero-order chi connectivity index (χ0) is 21.7. The highest BCUT2D eigenvalue weighted by Gasteiger charge is 2.34. The van der Waals surface area contributed by atoms with Gasteiger partial charge in [0.1, 0.15) is 11.5 Å². The average Bonchev–Trinajstić information content (AvgIpc) is 3.30. The number of methoxy groups -OCH3 is 1. The van der Waals surface area contributed by atoms with Crippen LogP contribution in [-0.4, -0.2) is 43.1 Å². The molecule has 1 aliphatic heterocycles. The van der Waals surface area contributed by atoms with Gasteiger partial charge in [-0.3, -0.25) is 9.69 Å². The van der Waals surface area contributed by atoms with Gasteiger partial charge in [-0.15, -0.1) is 0 Å². The van der Waals surface area contributed by atoms with Crippen molar-refractivity contribution >= 4 is 24.0 Å². The van der Waals surface area contributed by atoms with Gasteiger partial charge in [0, 0.05) is 0 Å². The van der Waals surface area contributed by atoms with Crippen LogP contribution in [0.5, 0.6) is 11.5 Å². The summed E-state index contributed by atoms with van der Waals surface area (Å²) in [5, 5.41) is 2.55. The lowest BCUT2D eigenvalue weighted by Crippen LogP contribution is -2.30. The minimum Gasteiger partial charge on any atom is -0.490 e. The number of nitrogens with one attached hydrogen (secondary N) is 1. The smallest absolute Gasteiger partial charge is 0.373 e. The van der Waals surface area contributed by atoms with Crippen LogP contribution in [0.15, 0.2) is 40.4 Å². The number of esters is 1. The largest absolute Gasteiger partial charge is 0.490 e. The van der Waals surface area contributed by atoms with Gasteiger partial charge in [0.05, 0.1) is 26.9 Å². The molecule has 1 aromatic heterocycles. The Bertz CT molecular complexity index is 993. The van der Waals surface area contributed by atoms with Crippen LogP contribution >= 0.6 is 0 Å². The molecule has 0 bridgehead atoms. The number of rotatable bonds is 8. The van der Waals surface area contributed by atoms with E-state index in [-0.39, 0.29) is 23.8 Å². The third-order valence-electron chi connectivity index (χ3n) is 4.20. The molecule has 1 aliphatic rings. The van der Waals surface area contributed by atoms with Gasteiger partial charge in [-0.05, 0) is 49.8 Å². The molecule has 2 heterocycles. The van der Waals surface area contributed by atoms with Gasteiger partial charge in [-0.25, -0.2) is 9.59 Å². The van der Waals surface area contributed by atoms with Crippen LogP contribution in [0.2, 0.25) is 0 Å². The molecule has 0 unspecified atom stereocenters. The van der Waals surface area contributed by atoms with Gasteiger partial charge in [-0.2, -0.15) is 0 Å². The molecule has 0 saturated carbocycles. The van der Waals surface area contributed by atoms with E-state index in [4.69, 9.17) is 13.9 Å². The van der Waals surface area contributed by atoms with E-state index in [9.17, 15) is 14.4 Å². The van der Waals surface area contributed by atoms with Gasteiger partial charge in [0.25, 0.3) is 5.91 Å². The van der Waals surface area contributed by atoms with Crippen molar-refractivity contribution in [2.75, 3.05) is 20.3 Å². The standard InChI is InChI=1S/C21H22N2O7/c1-4-28-16-8-6-13(11-18(16)29-5-2)10-15-19(24)23(21(26)22-15)12-14-7-9-17(30-14)20(25)27-3/h6-11H,4-5,12H2,1-3H3,(H,22,26)/b15-10-. The Kier molecular flexibility index (Phi) is 6.41. The molecule has 9 heteroatoms. The second-order valence-electron chi connectivity index (χ2n) is 6.21. The highest BCUT2D eigenvalue weighted by molar-refractivity contribution is 6.13. The van der Waals surface area contributed by atoms with Crippen molar-refractivity contribution in [1.29, 1.82) is 0 Å². The van der Waals surface area contributed by atoms with E-state index in [1.54, 1.807) is 24.3 Å². The number of nitrogens with zero attached hydrogens (tertiary/aromatic N) is 1. The molecular weight excluding hydrogens is 392 g/mol. The predicted molar refractivity (Wildman–Crippen MR) is 106 cm³/mol. The quantitative estimate of drug-likeness (QED) is 0.402. The summed E-state index contributed by atoms with van der Waals surface area (Å²) in [7, 11) is 1.23. The summed E-state index contributed by atoms with van der Waals surface area (Å²) >= 11 is 0. The van der Waals surface area contributed by atoms with Crippen molar-refractivity contribution in [1.82, 2.24) is 10.2 Å². The van der Waals surface area contributed by atoms with E-state index >= 15 is 0 Å². The van der Waals surface area contributed by atoms with Crippen LogP contribution in [0, 0.1) is 0 Å². The van der Waals surface area contributed by atoms with Crippen LogP contribution in [-0.2, 0) is 16.1 Å². The predicted octanol–water partition coefficient (Wildman–Crippen LogP) is 2.96. The van der Waals surface area contributed by atoms with Crippen LogP contribution in [0.1, 0.15) is 35.7 Å². The topological polar surface area (TPSA) is 107 Å². The van der Waals surface area contributed by atoms with E-state index in [0.29, 0.717) is 30.3 Å². The van der Waals surface area contributed by atoms with Crippen LogP contribution in [0.3, 0.4) is 0 Å². The van der Waals surface area contributed by atoms with Gasteiger partial charge < -0.3 is 23.9 Å². The monoisotopic (exact) mass is 414 g/mol. The lowest BCUT2D eigenvalue weighted by atomic mass is 10.1. The lowest BCUT2D eigenvalue weighted by molar-refractivity contribution is -0.123. The number of furan rings is 1. The number of ether oxygens (including phenoxy) is 3. The molecule has 3 amide bonds. The Morgan fingerprint density at radius 3 is 2.53 bits per heavy atom. The van der Waals surface area contributed by atoms with E-state index in [0.717, 1.165) is 4.90 Å². The first-order chi connectivity index (χ1) is 14.5. The van der Waals surface area contributed by atoms with Gasteiger partial charge >= 0.3 is 12.0 Å². The average molecular weight is 414 g/mol. The molecule has 1 fully saturated rings. The van der Waals surface area contributed by atoms with Crippen molar-refractivity contribution in [3.05, 3.63) is 53.1 Å². The molecule has 0 radical (unpaired) electrons. The van der Waals surface area contributed by atoms with Gasteiger partial charge in [0.15, 0.2) is 11.5 Å². The maximum atomic E-state index is 12.7. The summed E-state index contributed by atoms with van der Waals surface area (Å²) in [6.45, 7) is 4.57. The highest BCUT2D eigenvalue weighted by atomic mass is 16.5. The second kappa shape index (κ2) is 9.17. The second-order valence-corrected chi connectivity index (χ2v) is 6.21. The summed E-state index contributed by atoms with van der Waals surface area (Å²) in [5.74, 6) is 0.271. The minimum atomic E-state index is -0.639. The van der Waals surface area contributed by atoms with Crippen LogP contribution in [0.4, 0.5) is 4.79 Å². The Morgan fingerprint density at radius 1 is 1.10 bits per heavy atom. The molecule has 1 aromatic carbocycles. The summed E-state index contributed by atoms with van der Waals surface area (Å²) in [6, 6.07) is 7.59. The summed E-state index contributed by atoms with van der Waals surface area (Å²) in [5.41, 5.74) is 0.782. The minimum absolute atomic E-state index is 0.00633. The normalized spacial score (nSPS) is 14.8. The molecule has 2 aromatic rings. The highest BCUT2D eigenvalue weighted by Crippen LogP contribution is 2.30. The summed E-state index contributed by atoms with van der Waals surface area (Å²) in [4.78, 5) is 37.4. The molecule has 0 spiro atoms. The number of urea groups is 1. The van der Waals surface area contributed by atoms with E-state index in [2.05, 4.69) is 10.1 Å². The Balaban J connectivity index is 1.78. The third kappa shape index (κ3) is 4.45. The maximum Gasteiger partial charge on any atom is 0.373 e. The Labute approximate surface area is 173 Å². The van der Waals surface area contributed by atoms with Crippen LogP contribution < -0.4 is 14.8 Å². The number of benzene rings is 1. The Hall–Kier alpha value is -3.75. The SMILES string of the molecule is CCOc1ccc(/C=C2\NC(=O)N(Cc3ccc(C(=O)OC)o3)C2=O)cc1OCC. The summed E-state index contributed by atoms with van der Waals surface area (Å²) in [6.07, 6.45) is 1.56. The zero-order valence-corrected chi connectivity index (χ0v) is 16.9. The zero-order valence-electron chi connectivity index (χ0n) is 16.9. The Morgan fingerprint density at radius 2 is 1.83 bits per heavy atom. The van der Waals surface area contributed by atoms with Crippen molar-refractivity contribution in [2.45, 2.75) is 20.4 Å². The first-order valence-corrected chi connectivity index (χ1v) is 9.38. The molecule has 9 nitrogen and oxygen atoms in total. The molecule has 158 valence electrons. The number of hydrogen-bond acceptors (Lipinski definition) is 7. The molecule has 1 saturated heterocycles. The van der Waals surface area contributed by atoms with E-state index in [1.165, 1.54) is 19.2 Å². The third-order valence-corrected chi connectivity index (χ3v) is 4.20. The number of hydrogen-bond donors (Lipinski definition) is 1. The fraction of sp³-hybridized carbons (Fsp3) is 0.286. The fourth-order valence-corrected chi connectivity index (χ4v) is 2.87. The van der Waals surface area contributed by atoms with Crippen molar-refractivity contribution < 1.29 is 33.0 Å².